The lowest BCUT2D eigenvalue weighted by molar-refractivity contribution is 0.690. The van der Waals surface area contributed by atoms with Crippen LogP contribution in [0.4, 0.5) is 5.69 Å². The monoisotopic (exact) mass is 250 g/mol. The summed E-state index contributed by atoms with van der Waals surface area (Å²) in [4.78, 5) is 6.74. The van der Waals surface area contributed by atoms with E-state index in [-0.39, 0.29) is 0 Å². The van der Waals surface area contributed by atoms with Gasteiger partial charge in [0.15, 0.2) is 0 Å². The zero-order valence-corrected chi connectivity index (χ0v) is 11.2. The molecule has 2 aromatic rings. The third kappa shape index (κ3) is 1.83. The summed E-state index contributed by atoms with van der Waals surface area (Å²) >= 11 is 0. The fourth-order valence-electron chi connectivity index (χ4n) is 3.45. The fraction of sp³-hybridized carbons (Fsp3) is 0.353. The molecule has 19 heavy (non-hydrogen) atoms. The van der Waals surface area contributed by atoms with Crippen LogP contribution in [0.5, 0.6) is 0 Å². The van der Waals surface area contributed by atoms with E-state index in [1.807, 2.05) is 18.5 Å². The highest BCUT2D eigenvalue weighted by atomic mass is 15.2. The third-order valence-electron chi connectivity index (χ3n) is 4.83. The number of piperidine rings is 1. The van der Waals surface area contributed by atoms with Gasteiger partial charge in [0.1, 0.15) is 0 Å². The van der Waals surface area contributed by atoms with Crippen molar-refractivity contribution in [3.05, 3.63) is 48.8 Å². The van der Waals surface area contributed by atoms with E-state index in [4.69, 9.17) is 0 Å². The van der Waals surface area contributed by atoms with Crippen LogP contribution in [0.3, 0.4) is 0 Å². The number of pyridine rings is 1. The van der Waals surface area contributed by atoms with E-state index < -0.39 is 0 Å². The predicted molar refractivity (Wildman–Crippen MR) is 78.0 cm³/mol. The maximum Gasteiger partial charge on any atom is 0.0372 e. The molecule has 2 heterocycles. The first kappa shape index (κ1) is 11.0. The lowest BCUT2D eigenvalue weighted by atomic mass is 10.1. The van der Waals surface area contributed by atoms with Crippen LogP contribution in [0.2, 0.25) is 0 Å². The van der Waals surface area contributed by atoms with E-state index in [2.05, 4.69) is 47.1 Å². The third-order valence-corrected chi connectivity index (χ3v) is 4.83. The highest BCUT2D eigenvalue weighted by Crippen LogP contribution is 2.52. The summed E-state index contributed by atoms with van der Waals surface area (Å²) in [5.41, 5.74) is 3.82. The Balaban J connectivity index is 1.61. The van der Waals surface area contributed by atoms with Gasteiger partial charge in [0.05, 0.1) is 0 Å². The van der Waals surface area contributed by atoms with Gasteiger partial charge < -0.3 is 4.90 Å². The average molecular weight is 250 g/mol. The van der Waals surface area contributed by atoms with Crippen molar-refractivity contribution in [3.8, 4) is 11.1 Å². The number of aromatic nitrogens is 1. The lowest BCUT2D eigenvalue weighted by Crippen LogP contribution is -2.23. The van der Waals surface area contributed by atoms with Crippen molar-refractivity contribution >= 4 is 5.69 Å². The number of benzene rings is 1. The number of hydrogen-bond donors (Lipinski definition) is 0. The van der Waals surface area contributed by atoms with Crippen LogP contribution in [0.25, 0.3) is 11.1 Å². The summed E-state index contributed by atoms with van der Waals surface area (Å²) in [5.74, 6) is 2.85. The van der Waals surface area contributed by atoms with Crippen LogP contribution in [-0.4, -0.2) is 18.1 Å². The molecule has 1 aliphatic carbocycles. The van der Waals surface area contributed by atoms with E-state index in [1.54, 1.807) is 0 Å². The molecule has 0 spiro atoms. The zero-order valence-electron chi connectivity index (χ0n) is 11.2. The van der Waals surface area contributed by atoms with E-state index in [0.29, 0.717) is 0 Å². The topological polar surface area (TPSA) is 16.1 Å². The molecule has 0 bridgehead atoms. The Hall–Kier alpha value is -1.83. The second-order valence-electron chi connectivity index (χ2n) is 5.88. The molecule has 2 nitrogen and oxygen atoms in total. The minimum absolute atomic E-state index is 0.946. The molecule has 1 aromatic heterocycles. The molecule has 2 unspecified atom stereocenters. The number of anilines is 1. The van der Waals surface area contributed by atoms with Gasteiger partial charge in [0.2, 0.25) is 0 Å². The summed E-state index contributed by atoms with van der Waals surface area (Å²) in [6.45, 7) is 4.86. The molecule has 2 aliphatic rings. The molecule has 2 heteroatoms. The minimum Gasteiger partial charge on any atom is -0.371 e. The Bertz CT molecular complexity index is 581. The van der Waals surface area contributed by atoms with Gasteiger partial charge in [-0.05, 0) is 41.5 Å². The molecule has 2 fully saturated rings. The number of hydrogen-bond acceptors (Lipinski definition) is 2. The quantitative estimate of drug-likeness (QED) is 0.811. The van der Waals surface area contributed by atoms with Crippen molar-refractivity contribution < 1.29 is 0 Å². The predicted octanol–water partition coefficient (Wildman–Crippen LogP) is 3.45. The first-order valence-electron chi connectivity index (χ1n) is 7.08. The zero-order chi connectivity index (χ0) is 12.8. The molecule has 1 aromatic carbocycles. The van der Waals surface area contributed by atoms with Crippen molar-refractivity contribution in [1.29, 1.82) is 0 Å². The molecular formula is C17H18N2. The van der Waals surface area contributed by atoms with Crippen molar-refractivity contribution in [2.24, 2.45) is 17.8 Å². The lowest BCUT2D eigenvalue weighted by Gasteiger charge is -2.22. The number of fused-ring (bicyclic) bond motifs is 1. The molecule has 2 atom stereocenters. The Labute approximate surface area is 114 Å². The average Bonchev–Trinajstić information content (AvgIpc) is 2.91. The molecule has 4 rings (SSSR count). The molecule has 1 saturated carbocycles. The Morgan fingerprint density at radius 1 is 1.05 bits per heavy atom. The number of rotatable bonds is 2. The smallest absolute Gasteiger partial charge is 0.0372 e. The normalized spacial score (nSPS) is 28.3. The highest BCUT2D eigenvalue weighted by molar-refractivity contribution is 5.68. The SMILES string of the molecule is CC1C2CN(c3cccc(-c4cccnc4)c3)CC12. The van der Waals surface area contributed by atoms with Gasteiger partial charge in [0.25, 0.3) is 0 Å². The molecule has 1 aliphatic heterocycles. The van der Waals surface area contributed by atoms with Gasteiger partial charge in [-0.15, -0.1) is 0 Å². The maximum atomic E-state index is 4.20. The number of nitrogens with zero attached hydrogens (tertiary/aromatic N) is 2. The van der Waals surface area contributed by atoms with Crippen molar-refractivity contribution in [1.82, 2.24) is 4.98 Å². The second-order valence-corrected chi connectivity index (χ2v) is 5.88. The first-order valence-corrected chi connectivity index (χ1v) is 7.08. The van der Waals surface area contributed by atoms with Crippen molar-refractivity contribution in [3.63, 3.8) is 0 Å². The summed E-state index contributed by atoms with van der Waals surface area (Å²) in [6, 6.07) is 13.0. The Kier molecular flexibility index (Phi) is 2.37. The van der Waals surface area contributed by atoms with Crippen LogP contribution in [-0.2, 0) is 0 Å². The van der Waals surface area contributed by atoms with Crippen LogP contribution >= 0.6 is 0 Å². The van der Waals surface area contributed by atoms with E-state index >= 15 is 0 Å². The van der Waals surface area contributed by atoms with E-state index in [0.717, 1.165) is 17.8 Å². The van der Waals surface area contributed by atoms with Gasteiger partial charge in [0, 0.05) is 36.7 Å². The standard InChI is InChI=1S/C17H18N2/c1-12-16-10-19(11-17(12)16)15-6-2-4-13(8-15)14-5-3-7-18-9-14/h2-9,12,16-17H,10-11H2,1H3. The van der Waals surface area contributed by atoms with Gasteiger partial charge in [-0.3, -0.25) is 4.98 Å². The van der Waals surface area contributed by atoms with Gasteiger partial charge in [-0.1, -0.05) is 25.1 Å². The Morgan fingerprint density at radius 2 is 1.84 bits per heavy atom. The van der Waals surface area contributed by atoms with Crippen LogP contribution in [0, 0.1) is 17.8 Å². The molecule has 0 amide bonds. The van der Waals surface area contributed by atoms with Gasteiger partial charge >= 0.3 is 0 Å². The Morgan fingerprint density at radius 3 is 2.58 bits per heavy atom. The molecule has 1 saturated heterocycles. The summed E-state index contributed by atoms with van der Waals surface area (Å²) < 4.78 is 0. The van der Waals surface area contributed by atoms with Crippen molar-refractivity contribution in [2.75, 3.05) is 18.0 Å². The minimum atomic E-state index is 0.946. The largest absolute Gasteiger partial charge is 0.371 e. The van der Waals surface area contributed by atoms with Crippen LogP contribution in [0.15, 0.2) is 48.8 Å². The van der Waals surface area contributed by atoms with Crippen molar-refractivity contribution in [2.45, 2.75) is 6.92 Å². The van der Waals surface area contributed by atoms with Crippen LogP contribution in [0.1, 0.15) is 6.92 Å². The van der Waals surface area contributed by atoms with Gasteiger partial charge in [-0.25, -0.2) is 0 Å². The molecular weight excluding hydrogens is 232 g/mol. The van der Waals surface area contributed by atoms with Gasteiger partial charge in [-0.2, -0.15) is 0 Å². The molecule has 0 radical (unpaired) electrons. The summed E-state index contributed by atoms with van der Waals surface area (Å²) in [6.07, 6.45) is 3.76. The molecule has 96 valence electrons. The maximum absolute atomic E-state index is 4.20. The molecule has 0 N–H and O–H groups in total. The van der Waals surface area contributed by atoms with E-state index in [1.165, 1.54) is 29.9 Å². The summed E-state index contributed by atoms with van der Waals surface area (Å²) in [5, 5.41) is 0. The highest BCUT2D eigenvalue weighted by Gasteiger charge is 2.52. The second kappa shape index (κ2) is 4.09. The summed E-state index contributed by atoms with van der Waals surface area (Å²) in [7, 11) is 0. The van der Waals surface area contributed by atoms with E-state index in [9.17, 15) is 0 Å². The fourth-order valence-corrected chi connectivity index (χ4v) is 3.45. The van der Waals surface area contributed by atoms with Crippen LogP contribution < -0.4 is 4.90 Å². The first-order chi connectivity index (χ1) is 9.33.